The Hall–Kier alpha value is -2.82. The molecular formula is C27H35N3O2. The minimum Gasteiger partial charge on any atom is -0.493 e. The Morgan fingerprint density at radius 2 is 1.91 bits per heavy atom. The smallest absolute Gasteiger partial charge is 0.223 e. The van der Waals surface area contributed by atoms with Crippen LogP contribution in [-0.4, -0.2) is 28.6 Å². The summed E-state index contributed by atoms with van der Waals surface area (Å²) in [5, 5.41) is 3.06. The van der Waals surface area contributed by atoms with Crippen molar-refractivity contribution in [3.8, 4) is 5.75 Å². The number of ether oxygens (including phenoxy) is 1. The minimum absolute atomic E-state index is 0.245. The van der Waals surface area contributed by atoms with E-state index in [1.165, 1.54) is 16.6 Å². The monoisotopic (exact) mass is 433 g/mol. The van der Waals surface area contributed by atoms with Crippen molar-refractivity contribution in [3.05, 3.63) is 59.4 Å². The molecule has 1 saturated carbocycles. The summed E-state index contributed by atoms with van der Waals surface area (Å²) in [5.74, 6) is 2.68. The van der Waals surface area contributed by atoms with Gasteiger partial charge in [0.1, 0.15) is 11.6 Å². The molecular weight excluding hydrogens is 398 g/mol. The van der Waals surface area contributed by atoms with Crippen LogP contribution in [0.2, 0.25) is 0 Å². The first kappa shape index (κ1) is 22.4. The average Bonchev–Trinajstić information content (AvgIpc) is 3.59. The van der Waals surface area contributed by atoms with Gasteiger partial charge in [-0.2, -0.15) is 0 Å². The molecule has 0 atom stereocenters. The number of carbonyl (C=O) groups is 1. The quantitative estimate of drug-likeness (QED) is 0.391. The first-order valence-corrected chi connectivity index (χ1v) is 12.0. The zero-order valence-corrected chi connectivity index (χ0v) is 19.4. The van der Waals surface area contributed by atoms with E-state index in [4.69, 9.17) is 9.72 Å². The molecule has 5 heteroatoms. The Balaban J connectivity index is 1.28. The zero-order chi connectivity index (χ0) is 22.3. The number of aryl methyl sites for hydroxylation is 3. The number of unbranched alkanes of at least 4 members (excludes halogenated alkanes) is 2. The first-order valence-electron chi connectivity index (χ1n) is 12.0. The fourth-order valence-electron chi connectivity index (χ4n) is 4.14. The topological polar surface area (TPSA) is 56.1 Å². The van der Waals surface area contributed by atoms with Crippen molar-refractivity contribution in [3.63, 3.8) is 0 Å². The van der Waals surface area contributed by atoms with Gasteiger partial charge in [-0.15, -0.1) is 0 Å². The predicted octanol–water partition coefficient (Wildman–Crippen LogP) is 5.36. The summed E-state index contributed by atoms with van der Waals surface area (Å²) in [4.78, 5) is 16.6. The average molecular weight is 434 g/mol. The van der Waals surface area contributed by atoms with Crippen LogP contribution in [0.15, 0.2) is 42.5 Å². The van der Waals surface area contributed by atoms with E-state index < -0.39 is 0 Å². The van der Waals surface area contributed by atoms with Crippen LogP contribution < -0.4 is 10.1 Å². The van der Waals surface area contributed by atoms with E-state index in [1.807, 2.05) is 6.07 Å². The van der Waals surface area contributed by atoms with E-state index in [0.717, 1.165) is 75.1 Å². The van der Waals surface area contributed by atoms with Crippen molar-refractivity contribution < 1.29 is 9.53 Å². The fourth-order valence-corrected chi connectivity index (χ4v) is 4.14. The molecule has 1 heterocycles. The standard InChI is InChI=1S/C27H35N3O2/c1-20-10-8-13-25(21(20)2)32-19-9-18-30-24-12-6-5-11-23(24)29-26(30)14-4-3-7-17-28-27(31)22-15-16-22/h5-6,8,10-13,22H,3-4,7,9,14-19H2,1-2H3,(H,28,31). The molecule has 5 nitrogen and oxygen atoms in total. The third-order valence-electron chi connectivity index (χ3n) is 6.40. The highest BCUT2D eigenvalue weighted by atomic mass is 16.5. The number of hydrogen-bond acceptors (Lipinski definition) is 3. The molecule has 0 radical (unpaired) electrons. The fraction of sp³-hybridized carbons (Fsp3) is 0.481. The van der Waals surface area contributed by atoms with Gasteiger partial charge in [0.05, 0.1) is 17.6 Å². The second-order valence-electron chi connectivity index (χ2n) is 8.94. The lowest BCUT2D eigenvalue weighted by Gasteiger charge is -2.13. The molecule has 170 valence electrons. The Kier molecular flexibility index (Phi) is 7.46. The molecule has 0 bridgehead atoms. The van der Waals surface area contributed by atoms with Gasteiger partial charge in [0.15, 0.2) is 0 Å². The number of imidazole rings is 1. The molecule has 0 saturated heterocycles. The number of aromatic nitrogens is 2. The lowest BCUT2D eigenvalue weighted by atomic mass is 10.1. The van der Waals surface area contributed by atoms with E-state index in [-0.39, 0.29) is 5.91 Å². The predicted molar refractivity (Wildman–Crippen MR) is 129 cm³/mol. The van der Waals surface area contributed by atoms with Gasteiger partial charge in [-0.05, 0) is 75.3 Å². The Labute approximate surface area is 191 Å². The van der Waals surface area contributed by atoms with Crippen molar-refractivity contribution in [1.82, 2.24) is 14.9 Å². The van der Waals surface area contributed by atoms with Gasteiger partial charge in [-0.1, -0.05) is 30.7 Å². The van der Waals surface area contributed by atoms with Crippen molar-refractivity contribution in [2.75, 3.05) is 13.2 Å². The number of benzene rings is 2. The third-order valence-corrected chi connectivity index (χ3v) is 6.40. The van der Waals surface area contributed by atoms with Crippen molar-refractivity contribution in [2.45, 2.75) is 65.3 Å². The molecule has 1 amide bonds. The SMILES string of the molecule is Cc1cccc(OCCCn2c(CCCCCNC(=O)C3CC3)nc3ccccc32)c1C. The number of nitrogens with one attached hydrogen (secondary N) is 1. The molecule has 1 N–H and O–H groups in total. The van der Waals surface area contributed by atoms with Crippen LogP contribution in [0.4, 0.5) is 0 Å². The maximum Gasteiger partial charge on any atom is 0.223 e. The second kappa shape index (κ2) is 10.7. The molecule has 2 aromatic carbocycles. The van der Waals surface area contributed by atoms with E-state index in [2.05, 4.69) is 60.1 Å². The van der Waals surface area contributed by atoms with Crippen LogP contribution in [0.1, 0.15) is 55.5 Å². The van der Waals surface area contributed by atoms with Gasteiger partial charge in [0.25, 0.3) is 0 Å². The Morgan fingerprint density at radius 1 is 1.06 bits per heavy atom. The Bertz CT molecular complexity index is 1050. The zero-order valence-electron chi connectivity index (χ0n) is 19.4. The number of rotatable bonds is 12. The summed E-state index contributed by atoms with van der Waals surface area (Å²) in [6, 6.07) is 14.6. The van der Waals surface area contributed by atoms with Gasteiger partial charge in [-0.3, -0.25) is 4.79 Å². The Morgan fingerprint density at radius 3 is 2.75 bits per heavy atom. The molecule has 1 aromatic heterocycles. The first-order chi connectivity index (χ1) is 15.6. The number of amides is 1. The third kappa shape index (κ3) is 5.70. The molecule has 0 spiro atoms. The van der Waals surface area contributed by atoms with Gasteiger partial charge in [-0.25, -0.2) is 4.98 Å². The van der Waals surface area contributed by atoms with Crippen molar-refractivity contribution in [2.24, 2.45) is 5.92 Å². The highest BCUT2D eigenvalue weighted by Gasteiger charge is 2.28. The van der Waals surface area contributed by atoms with Crippen molar-refractivity contribution >= 4 is 16.9 Å². The highest BCUT2D eigenvalue weighted by molar-refractivity contribution is 5.80. The van der Waals surface area contributed by atoms with Crippen LogP contribution in [-0.2, 0) is 17.8 Å². The van der Waals surface area contributed by atoms with Gasteiger partial charge < -0.3 is 14.6 Å². The van der Waals surface area contributed by atoms with E-state index in [0.29, 0.717) is 12.5 Å². The van der Waals surface area contributed by atoms with Crippen LogP contribution >= 0.6 is 0 Å². The van der Waals surface area contributed by atoms with Gasteiger partial charge >= 0.3 is 0 Å². The van der Waals surface area contributed by atoms with E-state index in [9.17, 15) is 4.79 Å². The van der Waals surface area contributed by atoms with Crippen LogP contribution in [0.3, 0.4) is 0 Å². The number of nitrogens with zero attached hydrogens (tertiary/aromatic N) is 2. The normalized spacial score (nSPS) is 13.4. The molecule has 3 aromatic rings. The van der Waals surface area contributed by atoms with Crippen molar-refractivity contribution in [1.29, 1.82) is 0 Å². The maximum absolute atomic E-state index is 11.7. The van der Waals surface area contributed by atoms with Crippen LogP contribution in [0, 0.1) is 19.8 Å². The summed E-state index contributed by atoms with van der Waals surface area (Å²) < 4.78 is 8.42. The summed E-state index contributed by atoms with van der Waals surface area (Å²) in [5.41, 5.74) is 4.74. The second-order valence-corrected chi connectivity index (χ2v) is 8.94. The number of fused-ring (bicyclic) bond motifs is 1. The summed E-state index contributed by atoms with van der Waals surface area (Å²) in [6.45, 7) is 6.62. The number of para-hydroxylation sites is 2. The maximum atomic E-state index is 11.7. The minimum atomic E-state index is 0.245. The summed E-state index contributed by atoms with van der Waals surface area (Å²) in [7, 11) is 0. The summed E-state index contributed by atoms with van der Waals surface area (Å²) in [6.07, 6.45) is 7.25. The van der Waals surface area contributed by atoms with E-state index >= 15 is 0 Å². The number of carbonyl (C=O) groups excluding carboxylic acids is 1. The van der Waals surface area contributed by atoms with Crippen LogP contribution in [0.25, 0.3) is 11.0 Å². The molecule has 0 unspecified atom stereocenters. The highest BCUT2D eigenvalue weighted by Crippen LogP contribution is 2.28. The lowest BCUT2D eigenvalue weighted by molar-refractivity contribution is -0.122. The largest absolute Gasteiger partial charge is 0.493 e. The van der Waals surface area contributed by atoms with E-state index in [1.54, 1.807) is 0 Å². The van der Waals surface area contributed by atoms with Gasteiger partial charge in [0, 0.05) is 25.4 Å². The molecule has 4 rings (SSSR count). The van der Waals surface area contributed by atoms with Crippen LogP contribution in [0.5, 0.6) is 5.75 Å². The molecule has 32 heavy (non-hydrogen) atoms. The molecule has 1 fully saturated rings. The van der Waals surface area contributed by atoms with Gasteiger partial charge in [0.2, 0.25) is 5.91 Å². The molecule has 0 aliphatic heterocycles. The summed E-state index contributed by atoms with van der Waals surface area (Å²) >= 11 is 0. The lowest BCUT2D eigenvalue weighted by Crippen LogP contribution is -2.25. The molecule has 1 aliphatic carbocycles. The number of hydrogen-bond donors (Lipinski definition) is 1. The molecule has 1 aliphatic rings.